The first kappa shape index (κ1) is 17.0. The molecule has 3 aromatic rings. The number of carbonyl (C=O) groups is 1. The monoisotopic (exact) mass is 354 g/mol. The third-order valence-corrected chi connectivity index (χ3v) is 4.75. The Bertz CT molecular complexity index is 842. The predicted octanol–water partition coefficient (Wildman–Crippen LogP) is 3.50. The molecular formula is C19H18N2O3S. The van der Waals surface area contributed by atoms with Crippen LogP contribution in [-0.2, 0) is 6.42 Å². The van der Waals surface area contributed by atoms with Crippen LogP contribution in [0.15, 0.2) is 54.7 Å². The van der Waals surface area contributed by atoms with E-state index in [4.69, 9.17) is 4.74 Å². The lowest BCUT2D eigenvalue weighted by atomic mass is 10.1. The molecule has 0 spiro atoms. The van der Waals surface area contributed by atoms with Gasteiger partial charge in [-0.2, -0.15) is 0 Å². The number of carbonyl (C=O) groups excluding carboxylic acids is 1. The summed E-state index contributed by atoms with van der Waals surface area (Å²) in [7, 11) is 1.62. The maximum atomic E-state index is 12.2. The standard InChI is InChI=1S/C19H18N2O3S/c1-24-16-8-4-14(5-9-16)19-21-12-17(25-19)18(23)20-11-10-13-2-6-15(22)7-3-13/h2-9,12,22H,10-11H2,1H3,(H,20,23). The van der Waals surface area contributed by atoms with Crippen molar-refractivity contribution >= 4 is 17.2 Å². The van der Waals surface area contributed by atoms with Gasteiger partial charge in [0, 0.05) is 12.1 Å². The highest BCUT2D eigenvalue weighted by molar-refractivity contribution is 7.16. The van der Waals surface area contributed by atoms with Gasteiger partial charge in [-0.05, 0) is 48.4 Å². The Labute approximate surface area is 149 Å². The third kappa shape index (κ3) is 4.36. The lowest BCUT2D eigenvalue weighted by Gasteiger charge is -2.04. The summed E-state index contributed by atoms with van der Waals surface area (Å²) >= 11 is 1.36. The van der Waals surface area contributed by atoms with Crippen LogP contribution >= 0.6 is 11.3 Å². The van der Waals surface area contributed by atoms with Crippen molar-refractivity contribution < 1.29 is 14.6 Å². The van der Waals surface area contributed by atoms with Crippen molar-refractivity contribution in [2.45, 2.75) is 6.42 Å². The maximum absolute atomic E-state index is 12.2. The molecule has 2 N–H and O–H groups in total. The molecule has 0 aliphatic rings. The van der Waals surface area contributed by atoms with Crippen LogP contribution in [0, 0.1) is 0 Å². The van der Waals surface area contributed by atoms with Gasteiger partial charge >= 0.3 is 0 Å². The number of phenolic OH excluding ortho intramolecular Hbond substituents is 1. The van der Waals surface area contributed by atoms with Crippen molar-refractivity contribution in [3.05, 3.63) is 65.2 Å². The number of thiazole rings is 1. The Morgan fingerprint density at radius 3 is 2.56 bits per heavy atom. The summed E-state index contributed by atoms with van der Waals surface area (Å²) in [6.07, 6.45) is 2.30. The van der Waals surface area contributed by atoms with E-state index in [0.29, 0.717) is 17.8 Å². The van der Waals surface area contributed by atoms with Crippen LogP contribution in [-0.4, -0.2) is 29.7 Å². The molecule has 3 rings (SSSR count). The summed E-state index contributed by atoms with van der Waals surface area (Å²) in [5, 5.41) is 13.0. The fraction of sp³-hybridized carbons (Fsp3) is 0.158. The molecule has 1 amide bonds. The van der Waals surface area contributed by atoms with Crippen LogP contribution in [0.2, 0.25) is 0 Å². The van der Waals surface area contributed by atoms with Crippen LogP contribution in [0.4, 0.5) is 0 Å². The van der Waals surface area contributed by atoms with Gasteiger partial charge in [0.15, 0.2) is 0 Å². The Hall–Kier alpha value is -2.86. The highest BCUT2D eigenvalue weighted by Crippen LogP contribution is 2.26. The van der Waals surface area contributed by atoms with E-state index >= 15 is 0 Å². The first-order valence-electron chi connectivity index (χ1n) is 7.82. The van der Waals surface area contributed by atoms with Crippen molar-refractivity contribution in [1.82, 2.24) is 10.3 Å². The fourth-order valence-electron chi connectivity index (χ4n) is 2.32. The average Bonchev–Trinajstić information content (AvgIpc) is 3.13. The lowest BCUT2D eigenvalue weighted by molar-refractivity contribution is 0.0958. The van der Waals surface area contributed by atoms with Gasteiger partial charge in [-0.1, -0.05) is 12.1 Å². The van der Waals surface area contributed by atoms with Crippen molar-refractivity contribution in [3.8, 4) is 22.1 Å². The molecule has 0 unspecified atom stereocenters. The molecular weight excluding hydrogens is 336 g/mol. The second-order valence-electron chi connectivity index (χ2n) is 5.43. The number of hydrogen-bond acceptors (Lipinski definition) is 5. The summed E-state index contributed by atoms with van der Waals surface area (Å²) < 4.78 is 5.14. The molecule has 0 radical (unpaired) electrons. The second-order valence-corrected chi connectivity index (χ2v) is 6.46. The van der Waals surface area contributed by atoms with E-state index in [0.717, 1.165) is 21.9 Å². The van der Waals surface area contributed by atoms with Gasteiger partial charge in [-0.15, -0.1) is 11.3 Å². The van der Waals surface area contributed by atoms with Gasteiger partial charge in [0.25, 0.3) is 5.91 Å². The number of benzene rings is 2. The van der Waals surface area contributed by atoms with Crippen LogP contribution < -0.4 is 10.1 Å². The van der Waals surface area contributed by atoms with Crippen LogP contribution in [0.5, 0.6) is 11.5 Å². The maximum Gasteiger partial charge on any atom is 0.263 e. The Kier molecular flexibility index (Phi) is 5.30. The number of ether oxygens (including phenoxy) is 1. The minimum atomic E-state index is -0.129. The Morgan fingerprint density at radius 1 is 1.16 bits per heavy atom. The van der Waals surface area contributed by atoms with E-state index < -0.39 is 0 Å². The molecule has 0 atom stereocenters. The van der Waals surface area contributed by atoms with E-state index in [1.807, 2.05) is 36.4 Å². The Morgan fingerprint density at radius 2 is 1.88 bits per heavy atom. The lowest BCUT2D eigenvalue weighted by Crippen LogP contribution is -2.24. The zero-order valence-electron chi connectivity index (χ0n) is 13.7. The molecule has 0 fully saturated rings. The van der Waals surface area contributed by atoms with Gasteiger partial charge in [-0.25, -0.2) is 4.98 Å². The quantitative estimate of drug-likeness (QED) is 0.711. The van der Waals surface area contributed by atoms with E-state index in [1.165, 1.54) is 11.3 Å². The van der Waals surface area contributed by atoms with E-state index in [9.17, 15) is 9.90 Å². The smallest absolute Gasteiger partial charge is 0.263 e. The number of nitrogens with one attached hydrogen (secondary N) is 1. The molecule has 1 aromatic heterocycles. The zero-order chi connectivity index (χ0) is 17.6. The zero-order valence-corrected chi connectivity index (χ0v) is 14.5. The molecule has 0 aliphatic heterocycles. The molecule has 6 heteroatoms. The van der Waals surface area contributed by atoms with Gasteiger partial charge in [0.2, 0.25) is 0 Å². The van der Waals surface area contributed by atoms with E-state index in [2.05, 4.69) is 10.3 Å². The number of rotatable bonds is 6. The molecule has 1 heterocycles. The SMILES string of the molecule is COc1ccc(-c2ncc(C(=O)NCCc3ccc(O)cc3)s2)cc1. The summed E-state index contributed by atoms with van der Waals surface area (Å²) in [4.78, 5) is 17.1. The molecule has 128 valence electrons. The number of aromatic nitrogens is 1. The summed E-state index contributed by atoms with van der Waals surface area (Å²) in [5.74, 6) is 0.895. The average molecular weight is 354 g/mol. The second kappa shape index (κ2) is 7.81. The number of aromatic hydroxyl groups is 1. The number of nitrogens with zero attached hydrogens (tertiary/aromatic N) is 1. The highest BCUT2D eigenvalue weighted by atomic mass is 32.1. The first-order chi connectivity index (χ1) is 12.2. The topological polar surface area (TPSA) is 71.5 Å². The van der Waals surface area contributed by atoms with Crippen LogP contribution in [0.3, 0.4) is 0 Å². The van der Waals surface area contributed by atoms with Gasteiger partial charge in [0.1, 0.15) is 21.4 Å². The van der Waals surface area contributed by atoms with Crippen LogP contribution in [0.25, 0.3) is 10.6 Å². The molecule has 2 aromatic carbocycles. The van der Waals surface area contributed by atoms with Crippen LogP contribution in [0.1, 0.15) is 15.2 Å². The number of amides is 1. The Balaban J connectivity index is 1.57. The summed E-state index contributed by atoms with van der Waals surface area (Å²) in [6.45, 7) is 0.527. The van der Waals surface area contributed by atoms with Crippen molar-refractivity contribution in [2.75, 3.05) is 13.7 Å². The molecule has 0 bridgehead atoms. The van der Waals surface area contributed by atoms with Crippen molar-refractivity contribution in [1.29, 1.82) is 0 Å². The molecule has 25 heavy (non-hydrogen) atoms. The molecule has 0 saturated carbocycles. The number of methoxy groups -OCH3 is 1. The largest absolute Gasteiger partial charge is 0.508 e. The summed E-state index contributed by atoms with van der Waals surface area (Å²) in [5.41, 5.74) is 2.01. The minimum Gasteiger partial charge on any atom is -0.508 e. The number of phenols is 1. The van der Waals surface area contributed by atoms with E-state index in [1.54, 1.807) is 25.4 Å². The normalized spacial score (nSPS) is 10.4. The van der Waals surface area contributed by atoms with Gasteiger partial charge in [0.05, 0.1) is 13.3 Å². The number of hydrogen-bond donors (Lipinski definition) is 2. The van der Waals surface area contributed by atoms with E-state index in [-0.39, 0.29) is 11.7 Å². The van der Waals surface area contributed by atoms with Gasteiger partial charge < -0.3 is 15.2 Å². The highest BCUT2D eigenvalue weighted by Gasteiger charge is 2.11. The molecule has 0 saturated heterocycles. The van der Waals surface area contributed by atoms with Crippen molar-refractivity contribution in [3.63, 3.8) is 0 Å². The minimum absolute atomic E-state index is 0.129. The molecule has 5 nitrogen and oxygen atoms in total. The first-order valence-corrected chi connectivity index (χ1v) is 8.64. The molecule has 0 aliphatic carbocycles. The summed E-state index contributed by atoms with van der Waals surface area (Å²) in [6, 6.07) is 14.5. The fourth-order valence-corrected chi connectivity index (χ4v) is 3.15. The predicted molar refractivity (Wildman–Crippen MR) is 98.2 cm³/mol. The third-order valence-electron chi connectivity index (χ3n) is 3.70. The van der Waals surface area contributed by atoms with Gasteiger partial charge in [-0.3, -0.25) is 4.79 Å². The van der Waals surface area contributed by atoms with Crippen molar-refractivity contribution in [2.24, 2.45) is 0 Å².